The van der Waals surface area contributed by atoms with Crippen LogP contribution in [0.15, 0.2) is 18.4 Å². The quantitative estimate of drug-likeness (QED) is 0.622. The number of rotatable bonds is 1. The van der Waals surface area contributed by atoms with Gasteiger partial charge in [-0.1, -0.05) is 12.1 Å². The molecule has 2 N–H and O–H groups in total. The van der Waals surface area contributed by atoms with Crippen LogP contribution < -0.4 is 4.65 Å². The van der Waals surface area contributed by atoms with Crippen molar-refractivity contribution in [2.45, 2.75) is 37.7 Å². The predicted octanol–water partition coefficient (Wildman–Crippen LogP) is 2.27. The minimum absolute atomic E-state index is 0.186. The van der Waals surface area contributed by atoms with Crippen LogP contribution in [0.5, 0.6) is 5.75 Å². The second-order valence-electron chi connectivity index (χ2n) is 5.78. The molecule has 1 aliphatic carbocycles. The van der Waals surface area contributed by atoms with Crippen molar-refractivity contribution in [1.29, 1.82) is 0 Å². The number of hydrogen-bond donors (Lipinski definition) is 2. The normalized spacial score (nSPS) is 24.4. The molecule has 0 amide bonds. The Labute approximate surface area is 123 Å². The average Bonchev–Trinajstić information content (AvgIpc) is 2.86. The van der Waals surface area contributed by atoms with E-state index in [9.17, 15) is 10.3 Å². The Balaban J connectivity index is 1.87. The van der Waals surface area contributed by atoms with Crippen molar-refractivity contribution in [2.24, 2.45) is 0 Å². The molecule has 2 aliphatic rings. The Kier molecular flexibility index (Phi) is 2.92. The van der Waals surface area contributed by atoms with E-state index in [0.717, 1.165) is 46.9 Å². The van der Waals surface area contributed by atoms with Gasteiger partial charge in [-0.05, 0) is 37.2 Å². The lowest BCUT2D eigenvalue weighted by Crippen LogP contribution is -2.17. The van der Waals surface area contributed by atoms with Crippen molar-refractivity contribution in [3.8, 4) is 5.75 Å². The van der Waals surface area contributed by atoms with E-state index in [-0.39, 0.29) is 6.10 Å². The fourth-order valence-electron chi connectivity index (χ4n) is 3.42. The highest BCUT2D eigenvalue weighted by atomic mass is 16.5. The lowest BCUT2D eigenvalue weighted by molar-refractivity contribution is 0.122. The van der Waals surface area contributed by atoms with Crippen LogP contribution >= 0.6 is 0 Å². The lowest BCUT2D eigenvalue weighted by Gasteiger charge is -2.25. The van der Waals surface area contributed by atoms with Gasteiger partial charge in [0, 0.05) is 17.1 Å². The van der Waals surface area contributed by atoms with Crippen LogP contribution in [0.25, 0.3) is 17.1 Å². The Bertz CT molecular complexity index is 717. The van der Waals surface area contributed by atoms with Crippen LogP contribution in [0.2, 0.25) is 0 Å². The van der Waals surface area contributed by atoms with E-state index in [1.807, 2.05) is 12.1 Å². The van der Waals surface area contributed by atoms with Crippen LogP contribution in [0.3, 0.4) is 0 Å². The lowest BCUT2D eigenvalue weighted by atomic mass is 9.82. The van der Waals surface area contributed by atoms with E-state index in [2.05, 4.69) is 4.98 Å². The van der Waals surface area contributed by atoms with E-state index >= 15 is 0 Å². The molecule has 0 bridgehead atoms. The summed E-state index contributed by atoms with van der Waals surface area (Å²) >= 11 is 0. The van der Waals surface area contributed by atoms with Gasteiger partial charge in [-0.25, -0.2) is 4.98 Å². The maximum Gasteiger partial charge on any atom is 0.401 e. The Morgan fingerprint density at radius 1 is 1.29 bits per heavy atom. The molecule has 107 valence electrons. The molecule has 0 unspecified atom stereocenters. The Morgan fingerprint density at radius 3 is 2.90 bits per heavy atom. The molecule has 21 heavy (non-hydrogen) atoms. The fourth-order valence-corrected chi connectivity index (χ4v) is 3.42. The molecule has 1 fully saturated rings. The van der Waals surface area contributed by atoms with Gasteiger partial charge in [0.1, 0.15) is 5.75 Å². The van der Waals surface area contributed by atoms with Crippen molar-refractivity contribution in [3.05, 3.63) is 29.5 Å². The first-order valence-corrected chi connectivity index (χ1v) is 7.32. The number of nitrogens with zero attached hydrogens (tertiary/aromatic N) is 2. The topological polar surface area (TPSA) is 67.5 Å². The molecule has 1 aliphatic heterocycles. The molecule has 0 saturated heterocycles. The maximum absolute atomic E-state index is 10.1. The Morgan fingerprint density at radius 2 is 2.10 bits per heavy atom. The predicted molar refractivity (Wildman–Crippen MR) is 79.5 cm³/mol. The fraction of sp³-hybridized carbons (Fsp3) is 0.400. The van der Waals surface area contributed by atoms with Crippen LogP contribution in [0.1, 0.15) is 42.7 Å². The van der Waals surface area contributed by atoms with E-state index in [1.54, 1.807) is 19.9 Å². The summed E-state index contributed by atoms with van der Waals surface area (Å²) in [7, 11) is 1.63. The van der Waals surface area contributed by atoms with Crippen LogP contribution in [-0.2, 0) is 0 Å². The molecule has 2 aromatic rings. The van der Waals surface area contributed by atoms with E-state index in [4.69, 9.17) is 4.65 Å². The van der Waals surface area contributed by atoms with Gasteiger partial charge in [-0.15, -0.1) is 0 Å². The van der Waals surface area contributed by atoms with Crippen molar-refractivity contribution in [1.82, 2.24) is 9.71 Å². The van der Waals surface area contributed by atoms with Gasteiger partial charge in [-0.3, -0.25) is 0 Å². The van der Waals surface area contributed by atoms with Crippen LogP contribution in [0.4, 0.5) is 0 Å². The summed E-state index contributed by atoms with van der Waals surface area (Å²) in [5, 5.41) is 20.7. The number of pyridine rings is 1. The first kappa shape index (κ1) is 12.8. The van der Waals surface area contributed by atoms with Crippen molar-refractivity contribution in [3.63, 3.8) is 0 Å². The molecule has 0 aromatic carbocycles. The number of aliphatic hydroxyl groups is 1. The molecule has 4 rings (SSSR count). The van der Waals surface area contributed by atoms with Crippen LogP contribution in [0, 0.1) is 0 Å². The molecule has 3 heterocycles. The average molecular weight is 283 g/mol. The molecule has 2 aromatic heterocycles. The van der Waals surface area contributed by atoms with Crippen molar-refractivity contribution >= 4 is 24.6 Å². The molecule has 0 atom stereocenters. The molecule has 6 heteroatoms. The summed E-state index contributed by atoms with van der Waals surface area (Å²) in [4.78, 5) is 4.31. The molecular weight excluding hydrogens is 267 g/mol. The molecule has 0 spiro atoms. The van der Waals surface area contributed by atoms with Gasteiger partial charge >= 0.3 is 7.48 Å². The molecule has 5 nitrogen and oxygen atoms in total. The van der Waals surface area contributed by atoms with Crippen LogP contribution in [-0.4, -0.2) is 33.6 Å². The number of hydrogen-bond acceptors (Lipinski definition) is 4. The summed E-state index contributed by atoms with van der Waals surface area (Å²) in [6, 6.07) is 0. The smallest absolute Gasteiger partial charge is 0.401 e. The third kappa shape index (κ3) is 2.02. The number of fused-ring (bicyclic) bond motifs is 3. The molecular formula is C15H16BN2O3. The number of aromatic nitrogens is 2. The van der Waals surface area contributed by atoms with E-state index < -0.39 is 0 Å². The summed E-state index contributed by atoms with van der Waals surface area (Å²) in [6.07, 6.45) is 8.68. The molecule has 1 radical (unpaired) electrons. The zero-order valence-corrected chi connectivity index (χ0v) is 11.6. The van der Waals surface area contributed by atoms with E-state index in [1.165, 1.54) is 0 Å². The SMILES string of the molecule is OC1CCC(c2cn(O)c3ncc4c(c23)C=C[B]O4)CC1. The standard InChI is InChI=1S/C15H16BN2O3/c19-10-3-1-9(2-4-10)12-8-18(20)15-14(12)11-5-6-16-21-13(11)7-17-15/h5-10,19-20H,1-4H2. The summed E-state index contributed by atoms with van der Waals surface area (Å²) in [5.41, 5.74) is 2.63. The summed E-state index contributed by atoms with van der Waals surface area (Å²) < 4.78 is 6.59. The summed E-state index contributed by atoms with van der Waals surface area (Å²) in [5.74, 6) is 2.91. The van der Waals surface area contributed by atoms with Gasteiger partial charge < -0.3 is 15.0 Å². The second-order valence-corrected chi connectivity index (χ2v) is 5.78. The van der Waals surface area contributed by atoms with Gasteiger partial charge in [0.15, 0.2) is 5.65 Å². The third-order valence-electron chi connectivity index (χ3n) is 4.50. The van der Waals surface area contributed by atoms with Crippen molar-refractivity contribution in [2.75, 3.05) is 0 Å². The van der Waals surface area contributed by atoms with E-state index in [0.29, 0.717) is 17.3 Å². The Hall–Kier alpha value is -1.95. The highest BCUT2D eigenvalue weighted by Gasteiger charge is 2.26. The highest BCUT2D eigenvalue weighted by Crippen LogP contribution is 2.40. The zero-order chi connectivity index (χ0) is 14.4. The minimum atomic E-state index is -0.186. The first-order chi connectivity index (χ1) is 10.2. The third-order valence-corrected chi connectivity index (χ3v) is 4.50. The zero-order valence-electron chi connectivity index (χ0n) is 11.6. The maximum atomic E-state index is 10.1. The largest absolute Gasteiger partial charge is 0.557 e. The second kappa shape index (κ2) is 4.81. The monoisotopic (exact) mass is 283 g/mol. The molecule has 1 saturated carbocycles. The highest BCUT2D eigenvalue weighted by molar-refractivity contribution is 6.38. The van der Waals surface area contributed by atoms with Gasteiger partial charge in [0.25, 0.3) is 0 Å². The van der Waals surface area contributed by atoms with Gasteiger partial charge in [0.05, 0.1) is 12.3 Å². The van der Waals surface area contributed by atoms with Gasteiger partial charge in [-0.2, -0.15) is 4.73 Å². The minimum Gasteiger partial charge on any atom is -0.557 e. The van der Waals surface area contributed by atoms with Crippen molar-refractivity contribution < 1.29 is 15.0 Å². The number of aliphatic hydroxyl groups excluding tert-OH is 1. The summed E-state index contributed by atoms with van der Waals surface area (Å²) in [6.45, 7) is 0. The van der Waals surface area contributed by atoms with Gasteiger partial charge in [0.2, 0.25) is 0 Å². The first-order valence-electron chi connectivity index (χ1n) is 7.32.